The number of nitriles is 1. The summed E-state index contributed by atoms with van der Waals surface area (Å²) in [4.78, 5) is 11.5. The van der Waals surface area contributed by atoms with E-state index in [1.54, 1.807) is 37.0 Å². The van der Waals surface area contributed by atoms with Gasteiger partial charge in [0.2, 0.25) is 0 Å². The molecule has 3 aliphatic heterocycles. The molecule has 0 amide bonds. The fourth-order valence-corrected chi connectivity index (χ4v) is 4.04. The number of pyridine rings is 1. The summed E-state index contributed by atoms with van der Waals surface area (Å²) >= 11 is 0. The molecule has 0 aromatic carbocycles. The molecule has 0 spiro atoms. The number of fused-ring (bicyclic) bond motifs is 3. The van der Waals surface area contributed by atoms with Crippen molar-refractivity contribution in [3.63, 3.8) is 0 Å². The predicted molar refractivity (Wildman–Crippen MR) is 110 cm³/mol. The van der Waals surface area contributed by atoms with E-state index in [-0.39, 0.29) is 6.61 Å². The van der Waals surface area contributed by atoms with Gasteiger partial charge in [0.15, 0.2) is 0 Å². The summed E-state index contributed by atoms with van der Waals surface area (Å²) in [6, 6.07) is 5.08. The molecule has 3 fully saturated rings. The number of anilines is 1. The lowest BCUT2D eigenvalue weighted by Gasteiger charge is -2.48. The highest BCUT2D eigenvalue weighted by Crippen LogP contribution is 2.31. The molecule has 3 aliphatic rings. The number of piperazine rings is 1. The SMILES string of the molecule is CC(C)(O)COc1cc(-c2cnc(N3CC4CC(C3)N4)cn2)c2c(C#N)cnn2c1. The first kappa shape index (κ1) is 18.8. The molecule has 154 valence electrons. The van der Waals surface area contributed by atoms with Gasteiger partial charge in [-0.05, 0) is 26.3 Å². The van der Waals surface area contributed by atoms with Crippen molar-refractivity contribution in [3.8, 4) is 23.1 Å². The van der Waals surface area contributed by atoms with Gasteiger partial charge in [0.05, 0.1) is 47.2 Å². The zero-order valence-electron chi connectivity index (χ0n) is 16.9. The number of rotatable bonds is 5. The second kappa shape index (κ2) is 6.93. The van der Waals surface area contributed by atoms with Crippen LogP contribution in [0, 0.1) is 11.3 Å². The Kier molecular flexibility index (Phi) is 4.34. The molecule has 2 unspecified atom stereocenters. The highest BCUT2D eigenvalue weighted by atomic mass is 16.5. The fraction of sp³-hybridized carbons (Fsp3) is 0.429. The van der Waals surface area contributed by atoms with E-state index in [2.05, 4.69) is 31.4 Å². The Morgan fingerprint density at radius 1 is 1.27 bits per heavy atom. The second-order valence-corrected chi connectivity index (χ2v) is 8.61. The van der Waals surface area contributed by atoms with Gasteiger partial charge < -0.3 is 20.1 Å². The number of nitrogens with zero attached hydrogens (tertiary/aromatic N) is 6. The van der Waals surface area contributed by atoms with Gasteiger partial charge in [-0.25, -0.2) is 9.50 Å². The van der Waals surface area contributed by atoms with E-state index in [4.69, 9.17) is 4.74 Å². The fourth-order valence-electron chi connectivity index (χ4n) is 4.04. The highest BCUT2D eigenvalue weighted by Gasteiger charge is 2.36. The molecule has 6 heterocycles. The highest BCUT2D eigenvalue weighted by molar-refractivity contribution is 5.83. The average Bonchev–Trinajstić information content (AvgIpc) is 3.14. The van der Waals surface area contributed by atoms with Crippen molar-refractivity contribution in [2.45, 2.75) is 38.0 Å². The third kappa shape index (κ3) is 3.44. The molecular weight excluding hydrogens is 382 g/mol. The van der Waals surface area contributed by atoms with Crippen LogP contribution >= 0.6 is 0 Å². The summed E-state index contributed by atoms with van der Waals surface area (Å²) < 4.78 is 7.37. The van der Waals surface area contributed by atoms with Gasteiger partial charge in [0.1, 0.15) is 24.2 Å². The molecule has 3 aromatic rings. The van der Waals surface area contributed by atoms with Crippen molar-refractivity contribution < 1.29 is 9.84 Å². The zero-order chi connectivity index (χ0) is 20.9. The van der Waals surface area contributed by atoms with E-state index in [0.29, 0.717) is 40.2 Å². The molecule has 2 bridgehead atoms. The first-order valence-electron chi connectivity index (χ1n) is 10.00. The van der Waals surface area contributed by atoms with Gasteiger partial charge in [-0.3, -0.25) is 4.98 Å². The monoisotopic (exact) mass is 405 g/mol. The van der Waals surface area contributed by atoms with E-state index in [1.165, 1.54) is 12.6 Å². The maximum absolute atomic E-state index is 9.97. The zero-order valence-corrected chi connectivity index (χ0v) is 16.9. The van der Waals surface area contributed by atoms with Crippen LogP contribution < -0.4 is 15.0 Å². The summed E-state index contributed by atoms with van der Waals surface area (Å²) in [5.41, 5.74) is 1.47. The number of nitrogens with one attached hydrogen (secondary N) is 1. The summed E-state index contributed by atoms with van der Waals surface area (Å²) in [6.45, 7) is 5.36. The molecule has 2 N–H and O–H groups in total. The van der Waals surface area contributed by atoms with Gasteiger partial charge in [-0.2, -0.15) is 10.4 Å². The molecule has 9 nitrogen and oxygen atoms in total. The summed E-state index contributed by atoms with van der Waals surface area (Å²) in [5.74, 6) is 1.38. The number of hydrogen-bond acceptors (Lipinski definition) is 8. The second-order valence-electron chi connectivity index (χ2n) is 8.61. The lowest BCUT2D eigenvalue weighted by atomic mass is 9.91. The first-order chi connectivity index (χ1) is 14.4. The molecule has 0 radical (unpaired) electrons. The first-order valence-corrected chi connectivity index (χ1v) is 10.00. The van der Waals surface area contributed by atoms with E-state index in [0.717, 1.165) is 18.9 Å². The molecule has 3 aromatic heterocycles. The minimum atomic E-state index is -0.970. The lowest BCUT2D eigenvalue weighted by molar-refractivity contribution is 0.0283. The van der Waals surface area contributed by atoms with Gasteiger partial charge in [-0.1, -0.05) is 0 Å². The van der Waals surface area contributed by atoms with Crippen LogP contribution in [0.15, 0.2) is 30.9 Å². The Labute approximate surface area is 173 Å². The molecule has 9 heteroatoms. The summed E-state index contributed by atoms with van der Waals surface area (Å²) in [6.07, 6.45) is 7.96. The van der Waals surface area contributed by atoms with E-state index in [1.807, 2.05) is 6.07 Å². The molecule has 0 aliphatic carbocycles. The van der Waals surface area contributed by atoms with Crippen LogP contribution in [0.1, 0.15) is 25.8 Å². The van der Waals surface area contributed by atoms with Crippen molar-refractivity contribution in [1.82, 2.24) is 24.9 Å². The van der Waals surface area contributed by atoms with E-state index in [9.17, 15) is 10.4 Å². The van der Waals surface area contributed by atoms with Crippen molar-refractivity contribution in [1.29, 1.82) is 5.26 Å². The van der Waals surface area contributed by atoms with Crippen LogP contribution in [-0.4, -0.2) is 62.1 Å². The number of aromatic nitrogens is 4. The maximum Gasteiger partial charge on any atom is 0.147 e. The van der Waals surface area contributed by atoms with Crippen molar-refractivity contribution in [2.24, 2.45) is 0 Å². The minimum absolute atomic E-state index is 0.125. The van der Waals surface area contributed by atoms with Gasteiger partial charge in [0, 0.05) is 30.7 Å². The van der Waals surface area contributed by atoms with Crippen LogP contribution in [0.4, 0.5) is 5.82 Å². The topological polar surface area (TPSA) is 112 Å². The number of hydrogen-bond donors (Lipinski definition) is 2. The largest absolute Gasteiger partial charge is 0.489 e. The van der Waals surface area contributed by atoms with Crippen LogP contribution in [0.5, 0.6) is 5.75 Å². The smallest absolute Gasteiger partial charge is 0.147 e. The van der Waals surface area contributed by atoms with Gasteiger partial charge >= 0.3 is 0 Å². The number of ether oxygens (including phenoxy) is 1. The third-order valence-electron chi connectivity index (χ3n) is 5.46. The van der Waals surface area contributed by atoms with Crippen molar-refractivity contribution in [3.05, 3.63) is 36.4 Å². The third-order valence-corrected chi connectivity index (χ3v) is 5.46. The molecule has 0 saturated carbocycles. The predicted octanol–water partition coefficient (Wildman–Crippen LogP) is 1.36. The Bertz CT molecular complexity index is 1110. The van der Waals surface area contributed by atoms with Crippen LogP contribution in [0.25, 0.3) is 16.8 Å². The van der Waals surface area contributed by atoms with Crippen molar-refractivity contribution in [2.75, 3.05) is 24.6 Å². The number of piperidine rings is 1. The Balaban J connectivity index is 1.50. The van der Waals surface area contributed by atoms with Crippen LogP contribution in [0.2, 0.25) is 0 Å². The maximum atomic E-state index is 9.97. The summed E-state index contributed by atoms with van der Waals surface area (Å²) in [5, 5.41) is 27.3. The van der Waals surface area contributed by atoms with Crippen LogP contribution in [0.3, 0.4) is 0 Å². The Hall–Kier alpha value is -3.22. The summed E-state index contributed by atoms with van der Waals surface area (Å²) in [7, 11) is 0. The minimum Gasteiger partial charge on any atom is -0.489 e. The average molecular weight is 405 g/mol. The molecule has 30 heavy (non-hydrogen) atoms. The Morgan fingerprint density at radius 3 is 2.67 bits per heavy atom. The van der Waals surface area contributed by atoms with E-state index < -0.39 is 5.60 Å². The molecular formula is C21H23N7O2. The van der Waals surface area contributed by atoms with Crippen LogP contribution in [-0.2, 0) is 0 Å². The molecule has 3 saturated heterocycles. The van der Waals surface area contributed by atoms with Gasteiger partial charge in [0.25, 0.3) is 0 Å². The number of aliphatic hydroxyl groups is 1. The van der Waals surface area contributed by atoms with Gasteiger partial charge in [-0.15, -0.1) is 0 Å². The normalized spacial score (nSPS) is 20.7. The molecule has 2 atom stereocenters. The Morgan fingerprint density at radius 2 is 2.03 bits per heavy atom. The quantitative estimate of drug-likeness (QED) is 0.655. The van der Waals surface area contributed by atoms with E-state index >= 15 is 0 Å². The molecule has 6 rings (SSSR count). The van der Waals surface area contributed by atoms with Crippen molar-refractivity contribution >= 4 is 11.3 Å². The standard InChI is InChI=1S/C21H23N7O2/c1-21(2,29)12-30-16-4-17(20-13(5-22)6-25-28(20)11-16)18-7-24-19(8-23-18)27-9-14-3-15(10-27)26-14/h4,6-8,11,14-15,26,29H,3,9-10,12H2,1-2H3. The lowest BCUT2D eigenvalue weighted by Crippen LogP contribution is -2.67.